The average Bonchev–Trinajstić information content (AvgIpc) is 2.75. The Labute approximate surface area is 105 Å². The first-order valence-electron chi connectivity index (χ1n) is 5.41. The van der Waals surface area contributed by atoms with E-state index in [0.717, 1.165) is 23.4 Å². The minimum absolute atomic E-state index is 0.617. The Balaban J connectivity index is 2.65. The fourth-order valence-electron chi connectivity index (χ4n) is 1.84. The number of hydrogen-bond acceptors (Lipinski definition) is 2. The third kappa shape index (κ3) is 1.92. The molecule has 0 bridgehead atoms. The van der Waals surface area contributed by atoms with Crippen LogP contribution >= 0.6 is 11.6 Å². The van der Waals surface area contributed by atoms with Crippen molar-refractivity contribution in [2.75, 3.05) is 0 Å². The second-order valence-corrected chi connectivity index (χ2v) is 4.17. The number of nitriles is 1. The van der Waals surface area contributed by atoms with Crippen LogP contribution in [0.1, 0.15) is 23.7 Å². The van der Waals surface area contributed by atoms with Crippen molar-refractivity contribution in [3.63, 3.8) is 0 Å². The molecule has 86 valence electrons. The van der Waals surface area contributed by atoms with E-state index in [1.54, 1.807) is 10.9 Å². The zero-order valence-electron chi connectivity index (χ0n) is 9.74. The van der Waals surface area contributed by atoms with Gasteiger partial charge >= 0.3 is 0 Å². The van der Waals surface area contributed by atoms with Crippen LogP contribution < -0.4 is 0 Å². The van der Waals surface area contributed by atoms with Gasteiger partial charge in [-0.05, 0) is 31.0 Å². The zero-order valence-corrected chi connectivity index (χ0v) is 10.5. The monoisotopic (exact) mass is 245 g/mol. The molecule has 0 saturated heterocycles. The van der Waals surface area contributed by atoms with E-state index < -0.39 is 0 Å². The van der Waals surface area contributed by atoms with Crippen LogP contribution in [0.4, 0.5) is 0 Å². The van der Waals surface area contributed by atoms with Crippen molar-refractivity contribution in [2.45, 2.75) is 20.3 Å². The van der Waals surface area contributed by atoms with E-state index >= 15 is 0 Å². The highest BCUT2D eigenvalue weighted by Gasteiger charge is 2.12. The highest BCUT2D eigenvalue weighted by atomic mass is 35.5. The lowest BCUT2D eigenvalue weighted by Crippen LogP contribution is -2.04. The molecule has 1 heterocycles. The second kappa shape index (κ2) is 4.60. The fourth-order valence-corrected chi connectivity index (χ4v) is 2.01. The van der Waals surface area contributed by atoms with Gasteiger partial charge in [-0.2, -0.15) is 10.4 Å². The molecule has 1 aromatic carbocycles. The third-order valence-electron chi connectivity index (χ3n) is 2.79. The van der Waals surface area contributed by atoms with Crippen LogP contribution in [0.2, 0.25) is 5.02 Å². The molecule has 0 aliphatic carbocycles. The molecule has 2 rings (SSSR count). The highest BCUT2D eigenvalue weighted by molar-refractivity contribution is 6.31. The molecule has 0 N–H and O–H groups in total. The topological polar surface area (TPSA) is 41.6 Å². The summed E-state index contributed by atoms with van der Waals surface area (Å²) in [6.45, 7) is 3.96. The van der Waals surface area contributed by atoms with Gasteiger partial charge < -0.3 is 0 Å². The van der Waals surface area contributed by atoms with Crippen LogP contribution in [0, 0.1) is 18.3 Å². The van der Waals surface area contributed by atoms with Gasteiger partial charge in [0.15, 0.2) is 0 Å². The molecule has 0 fully saturated rings. The normalized spacial score (nSPS) is 10.2. The van der Waals surface area contributed by atoms with Crippen LogP contribution in [-0.4, -0.2) is 9.78 Å². The summed E-state index contributed by atoms with van der Waals surface area (Å²) < 4.78 is 1.79. The van der Waals surface area contributed by atoms with Crippen molar-refractivity contribution in [2.24, 2.45) is 0 Å². The number of aromatic nitrogens is 2. The summed E-state index contributed by atoms with van der Waals surface area (Å²) in [5.74, 6) is 0. The molecule has 0 atom stereocenters. The maximum Gasteiger partial charge on any atom is 0.103 e. The predicted octanol–water partition coefficient (Wildman–Crippen LogP) is 3.27. The number of hydrogen-bond donors (Lipinski definition) is 0. The van der Waals surface area contributed by atoms with Gasteiger partial charge in [0, 0.05) is 5.02 Å². The Hall–Kier alpha value is -1.79. The minimum atomic E-state index is 0.617. The Morgan fingerprint density at radius 2 is 2.24 bits per heavy atom. The first kappa shape index (κ1) is 11.7. The Bertz CT molecular complexity index is 593. The third-order valence-corrected chi connectivity index (χ3v) is 3.20. The quantitative estimate of drug-likeness (QED) is 0.815. The van der Waals surface area contributed by atoms with Gasteiger partial charge in [-0.25, -0.2) is 4.68 Å². The predicted molar refractivity (Wildman–Crippen MR) is 67.4 cm³/mol. The first-order chi connectivity index (χ1) is 8.19. The van der Waals surface area contributed by atoms with Gasteiger partial charge in [0.05, 0.1) is 23.1 Å². The van der Waals surface area contributed by atoms with Crippen molar-refractivity contribution in [3.8, 4) is 11.8 Å². The van der Waals surface area contributed by atoms with E-state index in [2.05, 4.69) is 11.2 Å². The largest absolute Gasteiger partial charge is 0.236 e. The summed E-state index contributed by atoms with van der Waals surface area (Å²) in [5, 5.41) is 14.0. The molecule has 0 unspecified atom stereocenters. The molecule has 0 amide bonds. The van der Waals surface area contributed by atoms with Crippen LogP contribution in [0.3, 0.4) is 0 Å². The van der Waals surface area contributed by atoms with E-state index in [1.165, 1.54) is 0 Å². The van der Waals surface area contributed by atoms with E-state index in [-0.39, 0.29) is 0 Å². The molecule has 0 aliphatic rings. The summed E-state index contributed by atoms with van der Waals surface area (Å²) >= 11 is 6.09. The van der Waals surface area contributed by atoms with E-state index in [9.17, 15) is 0 Å². The van der Waals surface area contributed by atoms with Gasteiger partial charge in [-0.15, -0.1) is 0 Å². The highest BCUT2D eigenvalue weighted by Crippen LogP contribution is 2.24. The van der Waals surface area contributed by atoms with Crippen LogP contribution in [0.15, 0.2) is 24.4 Å². The molecular weight excluding hydrogens is 234 g/mol. The maximum atomic E-state index is 9.00. The SMILES string of the molecule is CCc1c(C#N)cnn1-c1cccc(Cl)c1C. The van der Waals surface area contributed by atoms with Gasteiger partial charge in [-0.3, -0.25) is 0 Å². The molecular formula is C13H12ClN3. The molecule has 0 saturated carbocycles. The molecule has 0 spiro atoms. The van der Waals surface area contributed by atoms with E-state index in [1.807, 2.05) is 32.0 Å². The summed E-state index contributed by atoms with van der Waals surface area (Å²) in [6.07, 6.45) is 2.36. The van der Waals surface area contributed by atoms with Crippen LogP contribution in [-0.2, 0) is 6.42 Å². The van der Waals surface area contributed by atoms with Crippen LogP contribution in [0.25, 0.3) is 5.69 Å². The van der Waals surface area contributed by atoms with Gasteiger partial charge in [0.1, 0.15) is 6.07 Å². The lowest BCUT2D eigenvalue weighted by atomic mass is 10.1. The van der Waals surface area contributed by atoms with Crippen molar-refractivity contribution < 1.29 is 0 Å². The molecule has 0 aliphatic heterocycles. The van der Waals surface area contributed by atoms with E-state index in [4.69, 9.17) is 16.9 Å². The summed E-state index contributed by atoms with van der Waals surface area (Å²) in [4.78, 5) is 0. The van der Waals surface area contributed by atoms with Crippen molar-refractivity contribution in [1.29, 1.82) is 5.26 Å². The molecule has 0 radical (unpaired) electrons. The molecule has 2 aromatic rings. The summed E-state index contributed by atoms with van der Waals surface area (Å²) in [6, 6.07) is 7.84. The summed E-state index contributed by atoms with van der Waals surface area (Å²) in [7, 11) is 0. The number of halogens is 1. The first-order valence-corrected chi connectivity index (χ1v) is 5.79. The zero-order chi connectivity index (χ0) is 12.4. The lowest BCUT2D eigenvalue weighted by Gasteiger charge is -2.10. The van der Waals surface area contributed by atoms with E-state index in [0.29, 0.717) is 10.6 Å². The Morgan fingerprint density at radius 1 is 1.47 bits per heavy atom. The maximum absolute atomic E-state index is 9.00. The second-order valence-electron chi connectivity index (χ2n) is 3.77. The average molecular weight is 246 g/mol. The fraction of sp³-hybridized carbons (Fsp3) is 0.231. The Morgan fingerprint density at radius 3 is 2.88 bits per heavy atom. The lowest BCUT2D eigenvalue weighted by molar-refractivity contribution is 0.808. The minimum Gasteiger partial charge on any atom is -0.236 e. The molecule has 17 heavy (non-hydrogen) atoms. The van der Waals surface area contributed by atoms with Crippen molar-refractivity contribution in [3.05, 3.63) is 46.2 Å². The smallest absolute Gasteiger partial charge is 0.103 e. The molecule has 4 heteroatoms. The van der Waals surface area contributed by atoms with Crippen LogP contribution in [0.5, 0.6) is 0 Å². The van der Waals surface area contributed by atoms with Crippen molar-refractivity contribution >= 4 is 11.6 Å². The van der Waals surface area contributed by atoms with Gasteiger partial charge in [0.2, 0.25) is 0 Å². The number of rotatable bonds is 2. The van der Waals surface area contributed by atoms with Gasteiger partial charge in [-0.1, -0.05) is 24.6 Å². The van der Waals surface area contributed by atoms with Gasteiger partial charge in [0.25, 0.3) is 0 Å². The molecule has 3 nitrogen and oxygen atoms in total. The standard InChI is InChI=1S/C13H12ClN3/c1-3-12-10(7-15)8-16-17(12)13-6-4-5-11(14)9(13)2/h4-6,8H,3H2,1-2H3. The van der Waals surface area contributed by atoms with Crippen molar-refractivity contribution in [1.82, 2.24) is 9.78 Å². The Kier molecular flexibility index (Phi) is 3.16. The number of nitrogens with zero attached hydrogens (tertiary/aromatic N) is 3. The molecule has 1 aromatic heterocycles. The summed E-state index contributed by atoms with van der Waals surface area (Å²) in [5.41, 5.74) is 3.43. The number of benzene rings is 1.